The lowest BCUT2D eigenvalue weighted by molar-refractivity contribution is 0.155. The number of nitrogens with zero attached hydrogens (tertiary/aromatic N) is 1. The Morgan fingerprint density at radius 1 is 1.15 bits per heavy atom. The zero-order valence-corrected chi connectivity index (χ0v) is 14.8. The van der Waals surface area contributed by atoms with Crippen LogP contribution in [0, 0.1) is 0 Å². The van der Waals surface area contributed by atoms with E-state index in [0.29, 0.717) is 17.8 Å². The number of carbonyl (C=O) groups excluding carboxylic acids is 1. The second-order valence-corrected chi connectivity index (χ2v) is 5.70. The molecule has 1 aromatic heterocycles. The van der Waals surface area contributed by atoms with Crippen LogP contribution >= 0.6 is 0 Å². The summed E-state index contributed by atoms with van der Waals surface area (Å²) in [7, 11) is 1.61. The van der Waals surface area contributed by atoms with Gasteiger partial charge >= 0.3 is 6.09 Å². The predicted octanol–water partition coefficient (Wildman–Crippen LogP) is 4.40. The van der Waals surface area contributed by atoms with Crippen molar-refractivity contribution >= 4 is 11.8 Å². The van der Waals surface area contributed by atoms with Crippen molar-refractivity contribution in [2.24, 2.45) is 0 Å². The van der Waals surface area contributed by atoms with E-state index in [-0.39, 0.29) is 6.61 Å². The molecule has 134 valence electrons. The van der Waals surface area contributed by atoms with Crippen LogP contribution in [-0.2, 0) is 17.8 Å². The zero-order chi connectivity index (χ0) is 18.4. The molecule has 0 aliphatic carbocycles. The highest BCUT2D eigenvalue weighted by Gasteiger charge is 2.17. The van der Waals surface area contributed by atoms with Gasteiger partial charge in [0, 0.05) is 5.56 Å². The quantitative estimate of drug-likeness (QED) is 0.690. The van der Waals surface area contributed by atoms with Gasteiger partial charge in [-0.2, -0.15) is 5.10 Å². The van der Waals surface area contributed by atoms with E-state index in [0.717, 1.165) is 22.6 Å². The molecule has 0 atom stereocenters. The number of aryl methyl sites for hydroxylation is 1. The highest BCUT2D eigenvalue weighted by molar-refractivity contribution is 5.91. The van der Waals surface area contributed by atoms with Crippen LogP contribution in [0.1, 0.15) is 18.2 Å². The van der Waals surface area contributed by atoms with Crippen molar-refractivity contribution in [3.8, 4) is 17.0 Å². The fourth-order valence-corrected chi connectivity index (χ4v) is 2.61. The van der Waals surface area contributed by atoms with Gasteiger partial charge in [0.25, 0.3) is 0 Å². The van der Waals surface area contributed by atoms with Gasteiger partial charge in [0.05, 0.1) is 18.5 Å². The first kappa shape index (κ1) is 17.5. The Morgan fingerprint density at radius 3 is 2.69 bits per heavy atom. The third-order valence-electron chi connectivity index (χ3n) is 3.98. The van der Waals surface area contributed by atoms with Gasteiger partial charge < -0.3 is 9.47 Å². The van der Waals surface area contributed by atoms with E-state index in [2.05, 4.69) is 15.5 Å². The minimum absolute atomic E-state index is 0.209. The van der Waals surface area contributed by atoms with Gasteiger partial charge in [-0.15, -0.1) is 0 Å². The number of methoxy groups -OCH3 is 1. The highest BCUT2D eigenvalue weighted by Crippen LogP contribution is 2.31. The number of carbonyl (C=O) groups is 1. The maximum atomic E-state index is 12.3. The third kappa shape index (κ3) is 4.03. The molecule has 0 unspecified atom stereocenters. The SMILES string of the molecule is CCc1[nH]nc(-c2cccc(OC)c2)c1NC(=O)OCc1ccccc1. The number of H-pyrrole nitrogens is 1. The highest BCUT2D eigenvalue weighted by atomic mass is 16.5. The number of hydrogen-bond acceptors (Lipinski definition) is 4. The Hall–Kier alpha value is -3.28. The molecule has 0 aliphatic heterocycles. The smallest absolute Gasteiger partial charge is 0.412 e. The molecule has 0 spiro atoms. The van der Waals surface area contributed by atoms with Crippen LogP contribution in [0.5, 0.6) is 5.75 Å². The summed E-state index contributed by atoms with van der Waals surface area (Å²) < 4.78 is 10.6. The van der Waals surface area contributed by atoms with Crippen molar-refractivity contribution in [1.29, 1.82) is 0 Å². The molecule has 6 nitrogen and oxygen atoms in total. The maximum absolute atomic E-state index is 12.3. The van der Waals surface area contributed by atoms with Crippen LogP contribution < -0.4 is 10.1 Å². The molecule has 1 amide bonds. The average Bonchev–Trinajstić information content (AvgIpc) is 3.09. The molecule has 2 N–H and O–H groups in total. The maximum Gasteiger partial charge on any atom is 0.412 e. The van der Waals surface area contributed by atoms with E-state index in [9.17, 15) is 4.79 Å². The van der Waals surface area contributed by atoms with Crippen LogP contribution in [0.2, 0.25) is 0 Å². The number of nitrogens with one attached hydrogen (secondary N) is 2. The molecule has 3 rings (SSSR count). The Kier molecular flexibility index (Phi) is 5.53. The topological polar surface area (TPSA) is 76.2 Å². The Morgan fingerprint density at radius 2 is 1.96 bits per heavy atom. The first-order chi connectivity index (χ1) is 12.7. The number of amides is 1. The van der Waals surface area contributed by atoms with Crippen molar-refractivity contribution < 1.29 is 14.3 Å². The average molecular weight is 351 g/mol. The van der Waals surface area contributed by atoms with Gasteiger partial charge in [0.15, 0.2) is 0 Å². The molecule has 0 radical (unpaired) electrons. The zero-order valence-electron chi connectivity index (χ0n) is 14.8. The van der Waals surface area contributed by atoms with Gasteiger partial charge in [-0.25, -0.2) is 4.79 Å². The molecule has 0 saturated heterocycles. The van der Waals surface area contributed by atoms with Crippen LogP contribution in [0.25, 0.3) is 11.3 Å². The molecule has 1 heterocycles. The number of aromatic nitrogens is 2. The van der Waals surface area contributed by atoms with Crippen LogP contribution in [0.3, 0.4) is 0 Å². The molecule has 0 fully saturated rings. The Labute approximate surface area is 152 Å². The van der Waals surface area contributed by atoms with E-state index in [4.69, 9.17) is 9.47 Å². The standard InChI is InChI=1S/C20H21N3O3/c1-3-17-19(21-20(24)26-13-14-8-5-4-6-9-14)18(23-22-17)15-10-7-11-16(12-15)25-2/h4-12H,3,13H2,1-2H3,(H,21,24)(H,22,23). The second-order valence-electron chi connectivity index (χ2n) is 5.70. The van der Waals surface area contributed by atoms with Crippen LogP contribution in [0.15, 0.2) is 54.6 Å². The summed E-state index contributed by atoms with van der Waals surface area (Å²) in [6, 6.07) is 17.1. The molecule has 2 aromatic carbocycles. The van der Waals surface area contributed by atoms with Gasteiger partial charge in [0.1, 0.15) is 18.1 Å². The summed E-state index contributed by atoms with van der Waals surface area (Å²) in [6.45, 7) is 2.20. The van der Waals surface area contributed by atoms with Crippen molar-refractivity contribution in [3.63, 3.8) is 0 Å². The second kappa shape index (κ2) is 8.20. The summed E-state index contributed by atoms with van der Waals surface area (Å²) in [5.74, 6) is 0.723. The van der Waals surface area contributed by atoms with E-state index in [1.807, 2.05) is 61.5 Å². The monoisotopic (exact) mass is 351 g/mol. The molecule has 0 bridgehead atoms. The molecule has 3 aromatic rings. The predicted molar refractivity (Wildman–Crippen MR) is 100 cm³/mol. The summed E-state index contributed by atoms with van der Waals surface area (Å²) >= 11 is 0. The fraction of sp³-hybridized carbons (Fsp3) is 0.200. The first-order valence-corrected chi connectivity index (χ1v) is 8.40. The van der Waals surface area contributed by atoms with E-state index >= 15 is 0 Å². The number of anilines is 1. The number of aromatic amines is 1. The van der Waals surface area contributed by atoms with E-state index < -0.39 is 6.09 Å². The minimum atomic E-state index is -0.519. The summed E-state index contributed by atoms with van der Waals surface area (Å²) in [5, 5.41) is 10.2. The normalized spacial score (nSPS) is 10.4. The summed E-state index contributed by atoms with van der Waals surface area (Å²) in [5.41, 5.74) is 3.88. The van der Waals surface area contributed by atoms with Crippen molar-refractivity contribution in [3.05, 3.63) is 65.9 Å². The first-order valence-electron chi connectivity index (χ1n) is 8.40. The third-order valence-corrected chi connectivity index (χ3v) is 3.98. The van der Waals surface area contributed by atoms with Gasteiger partial charge in [-0.1, -0.05) is 49.4 Å². The van der Waals surface area contributed by atoms with Crippen LogP contribution in [0.4, 0.5) is 10.5 Å². The lowest BCUT2D eigenvalue weighted by atomic mass is 10.1. The van der Waals surface area contributed by atoms with Gasteiger partial charge in [-0.05, 0) is 24.1 Å². The number of hydrogen-bond donors (Lipinski definition) is 2. The molecule has 0 saturated carbocycles. The molecule has 0 aliphatic rings. The lowest BCUT2D eigenvalue weighted by Gasteiger charge is -2.09. The van der Waals surface area contributed by atoms with Crippen molar-refractivity contribution in [2.75, 3.05) is 12.4 Å². The molecule has 6 heteroatoms. The van der Waals surface area contributed by atoms with Gasteiger partial charge in [0.2, 0.25) is 0 Å². The molecular weight excluding hydrogens is 330 g/mol. The van der Waals surface area contributed by atoms with Crippen molar-refractivity contribution in [2.45, 2.75) is 20.0 Å². The minimum Gasteiger partial charge on any atom is -0.497 e. The number of rotatable bonds is 6. The number of ether oxygens (including phenoxy) is 2. The number of benzene rings is 2. The van der Waals surface area contributed by atoms with E-state index in [1.54, 1.807) is 7.11 Å². The molecule has 26 heavy (non-hydrogen) atoms. The van der Waals surface area contributed by atoms with E-state index in [1.165, 1.54) is 0 Å². The Balaban J connectivity index is 1.78. The van der Waals surface area contributed by atoms with Gasteiger partial charge in [-0.3, -0.25) is 10.4 Å². The fourth-order valence-electron chi connectivity index (χ4n) is 2.61. The van der Waals surface area contributed by atoms with Crippen LogP contribution in [-0.4, -0.2) is 23.4 Å². The van der Waals surface area contributed by atoms with Crippen molar-refractivity contribution in [1.82, 2.24) is 10.2 Å². The summed E-state index contributed by atoms with van der Waals surface area (Å²) in [4.78, 5) is 12.3. The largest absolute Gasteiger partial charge is 0.497 e. The molecular formula is C20H21N3O3. The lowest BCUT2D eigenvalue weighted by Crippen LogP contribution is -2.14. The Bertz CT molecular complexity index is 875. The summed E-state index contributed by atoms with van der Waals surface area (Å²) in [6.07, 6.45) is 0.180.